The molecule has 10 heteroatoms. The standard InChI is InChI=1S/C29H33N5O5/c1-2-3-13-31-14-10-23-25(31)30-20-34(27(23)36)19-29(39)11-16-32(17-12-29)26(35)22-9-15-33(28(37)38)18-24(22)21-7-5-4-6-8-21/h3-8,10,14,20,22,24,39H,1,9,11-13,15-19H2,(H,37,38)/t22-,24+/m1/s1. The van der Waals surface area contributed by atoms with Crippen molar-refractivity contribution in [3.8, 4) is 0 Å². The second-order valence-corrected chi connectivity index (χ2v) is 10.5. The zero-order valence-corrected chi connectivity index (χ0v) is 21.8. The summed E-state index contributed by atoms with van der Waals surface area (Å²) in [5.74, 6) is -0.565. The molecule has 2 fully saturated rings. The van der Waals surface area contributed by atoms with Crippen LogP contribution < -0.4 is 5.56 Å². The normalized spacial score (nSPS) is 20.9. The number of hydrogen-bond donors (Lipinski definition) is 2. The molecule has 39 heavy (non-hydrogen) atoms. The Hall–Kier alpha value is -4.14. The van der Waals surface area contributed by atoms with Crippen LogP contribution in [0.2, 0.25) is 0 Å². The summed E-state index contributed by atoms with van der Waals surface area (Å²) in [5, 5.41) is 21.4. The van der Waals surface area contributed by atoms with Gasteiger partial charge in [-0.05, 0) is 37.0 Å². The molecule has 2 atom stereocenters. The molecule has 2 aliphatic rings. The molecule has 0 spiro atoms. The fraction of sp³-hybridized carbons (Fsp3) is 0.414. The van der Waals surface area contributed by atoms with Crippen molar-refractivity contribution in [2.24, 2.45) is 5.92 Å². The number of carboxylic acid groups (broad SMARTS) is 1. The first kappa shape index (κ1) is 26.5. The summed E-state index contributed by atoms with van der Waals surface area (Å²) in [6, 6.07) is 11.3. The molecule has 0 aliphatic carbocycles. The largest absolute Gasteiger partial charge is 0.465 e. The maximum Gasteiger partial charge on any atom is 0.407 e. The van der Waals surface area contributed by atoms with Crippen LogP contribution in [0.5, 0.6) is 0 Å². The van der Waals surface area contributed by atoms with Crippen molar-refractivity contribution < 1.29 is 19.8 Å². The van der Waals surface area contributed by atoms with E-state index in [1.165, 1.54) is 15.8 Å². The van der Waals surface area contributed by atoms with Crippen LogP contribution in [0.4, 0.5) is 4.79 Å². The summed E-state index contributed by atoms with van der Waals surface area (Å²) >= 11 is 0. The summed E-state index contributed by atoms with van der Waals surface area (Å²) in [6.07, 6.45) is 5.15. The maximum absolute atomic E-state index is 13.7. The molecule has 10 nitrogen and oxygen atoms in total. The van der Waals surface area contributed by atoms with Crippen molar-refractivity contribution >= 4 is 23.0 Å². The molecule has 2 aliphatic heterocycles. The number of amides is 2. The van der Waals surface area contributed by atoms with Gasteiger partial charge < -0.3 is 24.6 Å². The van der Waals surface area contributed by atoms with Crippen molar-refractivity contribution in [1.29, 1.82) is 0 Å². The van der Waals surface area contributed by atoms with Crippen molar-refractivity contribution in [2.75, 3.05) is 26.2 Å². The van der Waals surface area contributed by atoms with Crippen LogP contribution in [0, 0.1) is 5.92 Å². The Morgan fingerprint density at radius 3 is 2.54 bits per heavy atom. The SMILES string of the molecule is C=C=CCn1ccc2c(=O)n(CC3(O)CCN(C(=O)[C@@H]4CCN(C(=O)O)C[C@H]4c4ccccc4)CC3)cnc21. The smallest absolute Gasteiger partial charge is 0.407 e. The highest BCUT2D eigenvalue weighted by molar-refractivity contribution is 5.81. The van der Waals surface area contributed by atoms with E-state index >= 15 is 0 Å². The van der Waals surface area contributed by atoms with E-state index in [-0.39, 0.29) is 36.4 Å². The predicted octanol–water partition coefficient (Wildman–Crippen LogP) is 2.68. The number of piperidine rings is 2. The van der Waals surface area contributed by atoms with Crippen molar-refractivity contribution in [1.82, 2.24) is 23.9 Å². The van der Waals surface area contributed by atoms with Gasteiger partial charge in [-0.25, -0.2) is 9.78 Å². The van der Waals surface area contributed by atoms with E-state index in [2.05, 4.69) is 17.3 Å². The highest BCUT2D eigenvalue weighted by Gasteiger charge is 2.41. The average Bonchev–Trinajstić information content (AvgIpc) is 3.37. The van der Waals surface area contributed by atoms with Gasteiger partial charge in [0.25, 0.3) is 5.56 Å². The number of allylic oxidation sites excluding steroid dienone is 1. The van der Waals surface area contributed by atoms with Gasteiger partial charge >= 0.3 is 6.09 Å². The monoisotopic (exact) mass is 531 g/mol. The molecule has 2 N–H and O–H groups in total. The summed E-state index contributed by atoms with van der Waals surface area (Å²) in [6.45, 7) is 5.49. The summed E-state index contributed by atoms with van der Waals surface area (Å²) < 4.78 is 3.28. The van der Waals surface area contributed by atoms with E-state index in [0.717, 1.165) is 5.56 Å². The number of hydrogen-bond acceptors (Lipinski definition) is 5. The third kappa shape index (κ3) is 5.39. The maximum atomic E-state index is 13.7. The molecule has 3 aromatic rings. The van der Waals surface area contributed by atoms with Crippen LogP contribution in [0.25, 0.3) is 11.0 Å². The highest BCUT2D eigenvalue weighted by atomic mass is 16.4. The number of rotatable bonds is 6. The molecule has 0 radical (unpaired) electrons. The van der Waals surface area contributed by atoms with E-state index in [4.69, 9.17) is 0 Å². The molecule has 2 saturated heterocycles. The average molecular weight is 532 g/mol. The highest BCUT2D eigenvalue weighted by Crippen LogP contribution is 2.35. The molecular weight excluding hydrogens is 498 g/mol. The molecule has 2 aromatic heterocycles. The van der Waals surface area contributed by atoms with Crippen LogP contribution in [0.1, 0.15) is 30.7 Å². The summed E-state index contributed by atoms with van der Waals surface area (Å²) in [5.41, 5.74) is 2.87. The minimum Gasteiger partial charge on any atom is -0.465 e. The molecule has 0 saturated carbocycles. The van der Waals surface area contributed by atoms with Crippen LogP contribution in [-0.4, -0.2) is 77.9 Å². The van der Waals surface area contributed by atoms with Gasteiger partial charge in [-0.2, -0.15) is 0 Å². The first-order valence-electron chi connectivity index (χ1n) is 13.2. The van der Waals surface area contributed by atoms with Gasteiger partial charge in [0.1, 0.15) is 12.0 Å². The Kier molecular flexibility index (Phi) is 7.41. The minimum absolute atomic E-state index is 0.00823. The van der Waals surface area contributed by atoms with Crippen LogP contribution in [0.15, 0.2) is 72.1 Å². The van der Waals surface area contributed by atoms with Gasteiger partial charge in [0.15, 0.2) is 0 Å². The predicted molar refractivity (Wildman–Crippen MR) is 145 cm³/mol. The molecule has 204 valence electrons. The quantitative estimate of drug-likeness (QED) is 0.472. The number of benzene rings is 1. The fourth-order valence-electron chi connectivity index (χ4n) is 5.84. The zero-order valence-electron chi connectivity index (χ0n) is 21.8. The van der Waals surface area contributed by atoms with Crippen molar-refractivity contribution in [3.63, 3.8) is 0 Å². The van der Waals surface area contributed by atoms with Crippen LogP contribution in [-0.2, 0) is 17.9 Å². The van der Waals surface area contributed by atoms with Gasteiger partial charge in [0.2, 0.25) is 5.91 Å². The van der Waals surface area contributed by atoms with Crippen LogP contribution >= 0.6 is 0 Å². The summed E-state index contributed by atoms with van der Waals surface area (Å²) in [7, 11) is 0. The number of carbonyl (C=O) groups is 2. The lowest BCUT2D eigenvalue weighted by molar-refractivity contribution is -0.142. The number of fused-ring (bicyclic) bond motifs is 1. The molecular formula is C29H33N5O5. The Balaban J connectivity index is 1.27. The molecule has 2 amide bonds. The number of carbonyl (C=O) groups excluding carboxylic acids is 1. The molecule has 0 bridgehead atoms. The van der Waals surface area contributed by atoms with Gasteiger partial charge in [-0.3, -0.25) is 14.2 Å². The van der Waals surface area contributed by atoms with E-state index in [9.17, 15) is 24.6 Å². The second-order valence-electron chi connectivity index (χ2n) is 10.5. The Labute approximate surface area is 226 Å². The lowest BCUT2D eigenvalue weighted by atomic mass is 9.79. The number of nitrogens with zero attached hydrogens (tertiary/aromatic N) is 5. The Morgan fingerprint density at radius 1 is 1.10 bits per heavy atom. The van der Waals surface area contributed by atoms with E-state index in [0.29, 0.717) is 56.5 Å². The third-order valence-electron chi connectivity index (χ3n) is 8.08. The van der Waals surface area contributed by atoms with Gasteiger partial charge in [-0.15, -0.1) is 5.73 Å². The van der Waals surface area contributed by atoms with E-state index in [1.54, 1.807) is 23.2 Å². The van der Waals surface area contributed by atoms with Gasteiger partial charge in [0.05, 0.1) is 17.5 Å². The van der Waals surface area contributed by atoms with Crippen molar-refractivity contribution in [2.45, 2.75) is 43.9 Å². The number of likely N-dealkylation sites (tertiary alicyclic amines) is 2. The molecule has 4 heterocycles. The number of aliphatic hydroxyl groups is 1. The lowest BCUT2D eigenvalue weighted by Crippen LogP contribution is -2.53. The molecule has 0 unspecified atom stereocenters. The van der Waals surface area contributed by atoms with Crippen molar-refractivity contribution in [3.05, 3.63) is 83.2 Å². The summed E-state index contributed by atoms with van der Waals surface area (Å²) in [4.78, 5) is 46.0. The van der Waals surface area contributed by atoms with E-state index < -0.39 is 11.7 Å². The van der Waals surface area contributed by atoms with Gasteiger partial charge in [0, 0.05) is 50.8 Å². The van der Waals surface area contributed by atoms with Crippen LogP contribution in [0.3, 0.4) is 0 Å². The minimum atomic E-state index is -1.14. The Bertz CT molecular complexity index is 1460. The molecule has 5 rings (SSSR count). The topological polar surface area (TPSA) is 121 Å². The second kappa shape index (κ2) is 10.9. The number of aromatic nitrogens is 3. The zero-order chi connectivity index (χ0) is 27.6. The first-order chi connectivity index (χ1) is 18.8. The first-order valence-corrected chi connectivity index (χ1v) is 13.2. The fourth-order valence-corrected chi connectivity index (χ4v) is 5.84. The lowest BCUT2D eigenvalue weighted by Gasteiger charge is -2.42. The molecule has 1 aromatic carbocycles. The van der Waals surface area contributed by atoms with Gasteiger partial charge in [-0.1, -0.05) is 36.9 Å². The Morgan fingerprint density at radius 2 is 1.85 bits per heavy atom. The third-order valence-corrected chi connectivity index (χ3v) is 8.08. The van der Waals surface area contributed by atoms with E-state index in [1.807, 2.05) is 34.9 Å².